The van der Waals surface area contributed by atoms with Gasteiger partial charge in [0.15, 0.2) is 0 Å². The Kier molecular flexibility index (Phi) is 3.60. The first-order chi connectivity index (χ1) is 7.41. The molecule has 2 atom stereocenters. The van der Waals surface area contributed by atoms with Crippen LogP contribution in [0.1, 0.15) is 25.1 Å². The van der Waals surface area contributed by atoms with Gasteiger partial charge in [0.25, 0.3) is 0 Å². The number of rotatable bonds is 3. The van der Waals surface area contributed by atoms with Crippen LogP contribution in [0.3, 0.4) is 0 Å². The first-order valence-electron chi connectivity index (χ1n) is 4.81. The fraction of sp³-hybridized carbons (Fsp3) is 0.500. The van der Waals surface area contributed by atoms with Crippen molar-refractivity contribution >= 4 is 0 Å². The molecule has 0 fully saturated rings. The second kappa shape index (κ2) is 4.58. The average Bonchev–Trinajstić information content (AvgIpc) is 2.63. The van der Waals surface area contributed by atoms with E-state index in [1.54, 1.807) is 13.0 Å². The number of nitrogens with zero attached hydrogens (tertiary/aromatic N) is 2. The molecule has 0 spiro atoms. The maximum atomic E-state index is 12.8. The highest BCUT2D eigenvalue weighted by molar-refractivity contribution is 5.23. The average molecular weight is 231 g/mol. The van der Waals surface area contributed by atoms with Crippen molar-refractivity contribution in [1.29, 1.82) is 5.26 Å². The van der Waals surface area contributed by atoms with E-state index < -0.39 is 18.3 Å². The molecule has 2 unspecified atom stereocenters. The molecule has 1 rings (SSSR count). The van der Waals surface area contributed by atoms with Crippen LogP contribution in [0.4, 0.5) is 13.2 Å². The standard InChI is InChI=1S/C10H12F3N3/c1-2-8(15)9(10(11,12)13)16-5-3-4-7(16)6-14/h3-5,8-9H,2,15H2,1H3. The van der Waals surface area contributed by atoms with E-state index in [1.807, 2.05) is 0 Å². The Morgan fingerprint density at radius 1 is 1.56 bits per heavy atom. The minimum atomic E-state index is -4.46. The lowest BCUT2D eigenvalue weighted by molar-refractivity contribution is -0.173. The van der Waals surface area contributed by atoms with Crippen LogP contribution in [0, 0.1) is 11.3 Å². The van der Waals surface area contributed by atoms with E-state index in [0.717, 1.165) is 4.57 Å². The Bertz CT molecular complexity index is 389. The number of nitrogens with two attached hydrogens (primary N) is 1. The maximum Gasteiger partial charge on any atom is 0.410 e. The molecule has 2 N–H and O–H groups in total. The van der Waals surface area contributed by atoms with E-state index in [9.17, 15) is 13.2 Å². The molecule has 0 aliphatic rings. The van der Waals surface area contributed by atoms with E-state index in [-0.39, 0.29) is 12.1 Å². The summed E-state index contributed by atoms with van der Waals surface area (Å²) >= 11 is 0. The predicted octanol–water partition coefficient (Wildman–Crippen LogP) is 2.20. The lowest BCUT2D eigenvalue weighted by Crippen LogP contribution is -2.41. The number of hydrogen-bond acceptors (Lipinski definition) is 2. The van der Waals surface area contributed by atoms with Crippen molar-refractivity contribution in [3.8, 4) is 6.07 Å². The monoisotopic (exact) mass is 231 g/mol. The minimum Gasteiger partial charge on any atom is -0.326 e. The van der Waals surface area contributed by atoms with Crippen molar-refractivity contribution in [2.45, 2.75) is 31.6 Å². The molecule has 1 heterocycles. The number of halogens is 3. The Labute approximate surface area is 91.3 Å². The van der Waals surface area contributed by atoms with Gasteiger partial charge in [-0.15, -0.1) is 0 Å². The van der Waals surface area contributed by atoms with E-state index in [4.69, 9.17) is 11.0 Å². The molecule has 0 bridgehead atoms. The summed E-state index contributed by atoms with van der Waals surface area (Å²) in [6.07, 6.45) is -3.04. The summed E-state index contributed by atoms with van der Waals surface area (Å²) in [4.78, 5) is 0. The van der Waals surface area contributed by atoms with Crippen molar-refractivity contribution in [3.05, 3.63) is 24.0 Å². The molecule has 88 valence electrons. The van der Waals surface area contributed by atoms with Gasteiger partial charge in [-0.1, -0.05) is 6.92 Å². The molecule has 0 saturated carbocycles. The molecule has 0 amide bonds. The molecule has 16 heavy (non-hydrogen) atoms. The summed E-state index contributed by atoms with van der Waals surface area (Å²) in [6, 6.07) is 1.55. The first-order valence-corrected chi connectivity index (χ1v) is 4.81. The number of hydrogen-bond donors (Lipinski definition) is 1. The summed E-state index contributed by atoms with van der Waals surface area (Å²) in [5, 5.41) is 8.70. The van der Waals surface area contributed by atoms with E-state index in [0.29, 0.717) is 0 Å². The Balaban J connectivity index is 3.18. The predicted molar refractivity (Wildman–Crippen MR) is 52.5 cm³/mol. The second-order valence-corrected chi connectivity index (χ2v) is 3.47. The van der Waals surface area contributed by atoms with Crippen LogP contribution in [0.2, 0.25) is 0 Å². The summed E-state index contributed by atoms with van der Waals surface area (Å²) in [6.45, 7) is 1.58. The smallest absolute Gasteiger partial charge is 0.326 e. The van der Waals surface area contributed by atoms with Crippen LogP contribution in [0.15, 0.2) is 18.3 Å². The molecular formula is C10H12F3N3. The summed E-state index contributed by atoms with van der Waals surface area (Å²) in [7, 11) is 0. The molecule has 1 aromatic rings. The van der Waals surface area contributed by atoms with Gasteiger partial charge in [0.05, 0.1) is 0 Å². The lowest BCUT2D eigenvalue weighted by Gasteiger charge is -2.27. The van der Waals surface area contributed by atoms with E-state index >= 15 is 0 Å². The van der Waals surface area contributed by atoms with Crippen molar-refractivity contribution in [2.75, 3.05) is 0 Å². The van der Waals surface area contributed by atoms with Crippen molar-refractivity contribution in [1.82, 2.24) is 4.57 Å². The fourth-order valence-corrected chi connectivity index (χ4v) is 1.56. The Morgan fingerprint density at radius 2 is 2.19 bits per heavy atom. The summed E-state index contributed by atoms with van der Waals surface area (Å²) in [5.41, 5.74) is 5.43. The fourth-order valence-electron chi connectivity index (χ4n) is 1.56. The highest BCUT2D eigenvalue weighted by Crippen LogP contribution is 2.34. The first kappa shape index (κ1) is 12.6. The number of nitriles is 1. The van der Waals surface area contributed by atoms with Gasteiger partial charge in [-0.2, -0.15) is 18.4 Å². The third-order valence-corrected chi connectivity index (χ3v) is 2.41. The quantitative estimate of drug-likeness (QED) is 0.866. The van der Waals surface area contributed by atoms with Gasteiger partial charge in [-0.05, 0) is 18.6 Å². The zero-order valence-corrected chi connectivity index (χ0v) is 8.70. The van der Waals surface area contributed by atoms with Gasteiger partial charge >= 0.3 is 6.18 Å². The van der Waals surface area contributed by atoms with E-state index in [1.165, 1.54) is 18.3 Å². The van der Waals surface area contributed by atoms with Crippen LogP contribution in [0.25, 0.3) is 0 Å². The summed E-state index contributed by atoms with van der Waals surface area (Å²) in [5.74, 6) is 0. The Morgan fingerprint density at radius 3 is 2.62 bits per heavy atom. The minimum absolute atomic E-state index is 0.0359. The van der Waals surface area contributed by atoms with Crippen molar-refractivity contribution in [3.63, 3.8) is 0 Å². The van der Waals surface area contributed by atoms with Crippen LogP contribution in [0.5, 0.6) is 0 Å². The van der Waals surface area contributed by atoms with Gasteiger partial charge in [-0.25, -0.2) is 0 Å². The number of alkyl halides is 3. The molecule has 1 aromatic heterocycles. The Hall–Kier alpha value is -1.48. The third-order valence-electron chi connectivity index (χ3n) is 2.41. The SMILES string of the molecule is CCC(N)C(n1cccc1C#N)C(F)(F)F. The molecule has 0 saturated heterocycles. The molecule has 0 radical (unpaired) electrons. The maximum absolute atomic E-state index is 12.8. The van der Waals surface area contributed by atoms with Gasteiger partial charge < -0.3 is 10.3 Å². The van der Waals surface area contributed by atoms with Crippen LogP contribution in [-0.4, -0.2) is 16.8 Å². The molecule has 6 heteroatoms. The number of aromatic nitrogens is 1. The lowest BCUT2D eigenvalue weighted by atomic mass is 10.1. The van der Waals surface area contributed by atoms with Gasteiger partial charge in [0.1, 0.15) is 17.8 Å². The van der Waals surface area contributed by atoms with Crippen molar-refractivity contribution in [2.24, 2.45) is 5.73 Å². The van der Waals surface area contributed by atoms with Crippen LogP contribution < -0.4 is 5.73 Å². The van der Waals surface area contributed by atoms with Gasteiger partial charge in [-0.3, -0.25) is 0 Å². The van der Waals surface area contributed by atoms with Crippen LogP contribution in [-0.2, 0) is 0 Å². The van der Waals surface area contributed by atoms with E-state index in [2.05, 4.69) is 0 Å². The third kappa shape index (κ3) is 2.36. The molecule has 0 aromatic carbocycles. The zero-order valence-electron chi connectivity index (χ0n) is 8.70. The van der Waals surface area contributed by atoms with Gasteiger partial charge in [0.2, 0.25) is 0 Å². The topological polar surface area (TPSA) is 54.7 Å². The largest absolute Gasteiger partial charge is 0.410 e. The molecular weight excluding hydrogens is 219 g/mol. The molecule has 0 aliphatic heterocycles. The molecule has 3 nitrogen and oxygen atoms in total. The van der Waals surface area contributed by atoms with Crippen molar-refractivity contribution < 1.29 is 13.2 Å². The highest BCUT2D eigenvalue weighted by atomic mass is 19.4. The normalized spacial score (nSPS) is 15.5. The summed E-state index contributed by atoms with van der Waals surface area (Å²) < 4.78 is 39.4. The molecule has 0 aliphatic carbocycles. The van der Waals surface area contributed by atoms with Crippen LogP contribution >= 0.6 is 0 Å². The highest BCUT2D eigenvalue weighted by Gasteiger charge is 2.44. The van der Waals surface area contributed by atoms with Gasteiger partial charge in [0, 0.05) is 12.2 Å². The second-order valence-electron chi connectivity index (χ2n) is 3.47. The zero-order chi connectivity index (χ0) is 12.3.